The van der Waals surface area contributed by atoms with E-state index < -0.39 is 5.79 Å². The van der Waals surface area contributed by atoms with Gasteiger partial charge in [0, 0.05) is 12.0 Å². The minimum Gasteiger partial charge on any atom is -0.495 e. The molecule has 0 atom stereocenters. The van der Waals surface area contributed by atoms with E-state index in [9.17, 15) is 0 Å². The first-order chi connectivity index (χ1) is 7.72. The molecule has 0 bridgehead atoms. The fraction of sp³-hybridized carbons (Fsp3) is 0.500. The molecule has 2 rings (SSSR count). The lowest BCUT2D eigenvalue weighted by Gasteiger charge is -2.26. The third kappa shape index (κ3) is 1.90. The summed E-state index contributed by atoms with van der Waals surface area (Å²) in [5, 5.41) is 0.576. The van der Waals surface area contributed by atoms with Crippen LogP contribution in [0.15, 0.2) is 18.2 Å². The van der Waals surface area contributed by atoms with Gasteiger partial charge in [-0.1, -0.05) is 18.5 Å². The summed E-state index contributed by atoms with van der Waals surface area (Å²) >= 11 is 6.09. The second-order valence-corrected chi connectivity index (χ2v) is 4.06. The molecular weight excluding hydrogens is 228 g/mol. The largest absolute Gasteiger partial charge is 0.495 e. The number of halogens is 1. The zero-order chi connectivity index (χ0) is 11.6. The molecule has 1 heterocycles. The van der Waals surface area contributed by atoms with Crippen LogP contribution in [0.3, 0.4) is 0 Å². The molecule has 1 aromatic carbocycles. The van der Waals surface area contributed by atoms with Crippen molar-refractivity contribution in [2.75, 3.05) is 20.3 Å². The molecule has 0 spiro atoms. The fourth-order valence-electron chi connectivity index (χ4n) is 1.93. The van der Waals surface area contributed by atoms with E-state index in [4.69, 9.17) is 25.8 Å². The molecule has 0 radical (unpaired) electrons. The highest BCUT2D eigenvalue weighted by molar-refractivity contribution is 6.32. The molecule has 88 valence electrons. The van der Waals surface area contributed by atoms with E-state index in [-0.39, 0.29) is 0 Å². The van der Waals surface area contributed by atoms with Crippen LogP contribution in [0.2, 0.25) is 5.02 Å². The predicted octanol–water partition coefficient (Wildman–Crippen LogP) is 2.96. The summed E-state index contributed by atoms with van der Waals surface area (Å²) in [6, 6.07) is 5.61. The van der Waals surface area contributed by atoms with Gasteiger partial charge < -0.3 is 14.2 Å². The average molecular weight is 243 g/mol. The lowest BCUT2D eigenvalue weighted by atomic mass is 10.0. The van der Waals surface area contributed by atoms with Gasteiger partial charge in [-0.3, -0.25) is 0 Å². The normalized spacial score (nSPS) is 18.7. The second-order valence-electron chi connectivity index (χ2n) is 3.65. The standard InChI is InChI=1S/C12H15ClO3/c1-3-12(15-6-7-16-12)9-4-5-11(14-2)10(13)8-9/h4-5,8H,3,6-7H2,1-2H3. The van der Waals surface area contributed by atoms with Crippen molar-refractivity contribution in [1.82, 2.24) is 0 Å². The molecular formula is C12H15ClO3. The molecule has 1 saturated heterocycles. The summed E-state index contributed by atoms with van der Waals surface area (Å²) in [7, 11) is 1.60. The first-order valence-corrected chi connectivity index (χ1v) is 5.71. The maximum atomic E-state index is 6.09. The van der Waals surface area contributed by atoms with Crippen molar-refractivity contribution in [2.45, 2.75) is 19.1 Å². The number of rotatable bonds is 3. The van der Waals surface area contributed by atoms with Gasteiger partial charge in [-0.05, 0) is 18.2 Å². The molecule has 1 aliphatic heterocycles. The van der Waals surface area contributed by atoms with E-state index in [1.807, 2.05) is 25.1 Å². The Morgan fingerprint density at radius 3 is 2.56 bits per heavy atom. The van der Waals surface area contributed by atoms with Gasteiger partial charge in [0.2, 0.25) is 0 Å². The summed E-state index contributed by atoms with van der Waals surface area (Å²) in [5.41, 5.74) is 0.943. The quantitative estimate of drug-likeness (QED) is 0.816. The molecule has 16 heavy (non-hydrogen) atoms. The van der Waals surface area contributed by atoms with Crippen molar-refractivity contribution in [3.05, 3.63) is 28.8 Å². The molecule has 0 unspecified atom stereocenters. The highest BCUT2D eigenvalue weighted by atomic mass is 35.5. The van der Waals surface area contributed by atoms with Crippen molar-refractivity contribution in [3.63, 3.8) is 0 Å². The first kappa shape index (κ1) is 11.7. The van der Waals surface area contributed by atoms with Crippen molar-refractivity contribution >= 4 is 11.6 Å². The van der Waals surface area contributed by atoms with Crippen LogP contribution in [-0.4, -0.2) is 20.3 Å². The average Bonchev–Trinajstić information content (AvgIpc) is 2.78. The number of ether oxygens (including phenoxy) is 3. The van der Waals surface area contributed by atoms with Gasteiger partial charge >= 0.3 is 0 Å². The fourth-order valence-corrected chi connectivity index (χ4v) is 2.19. The lowest BCUT2D eigenvalue weighted by molar-refractivity contribution is -0.167. The van der Waals surface area contributed by atoms with Crippen LogP contribution in [0.1, 0.15) is 18.9 Å². The maximum absolute atomic E-state index is 6.09. The van der Waals surface area contributed by atoms with Crippen molar-refractivity contribution in [3.8, 4) is 5.75 Å². The minimum atomic E-state index is -0.629. The minimum absolute atomic E-state index is 0.576. The number of hydrogen-bond acceptors (Lipinski definition) is 3. The van der Waals surface area contributed by atoms with Gasteiger partial charge in [-0.25, -0.2) is 0 Å². The van der Waals surface area contributed by atoms with E-state index in [0.717, 1.165) is 12.0 Å². The topological polar surface area (TPSA) is 27.7 Å². The Hall–Kier alpha value is -0.770. The zero-order valence-electron chi connectivity index (χ0n) is 9.46. The predicted molar refractivity (Wildman–Crippen MR) is 61.9 cm³/mol. The summed E-state index contributed by atoms with van der Waals surface area (Å²) < 4.78 is 16.5. The van der Waals surface area contributed by atoms with Gasteiger partial charge in [0.25, 0.3) is 0 Å². The Labute approximate surface area is 100 Å². The third-order valence-corrected chi connectivity index (χ3v) is 3.11. The van der Waals surface area contributed by atoms with Crippen LogP contribution in [0, 0.1) is 0 Å². The number of methoxy groups -OCH3 is 1. The summed E-state index contributed by atoms with van der Waals surface area (Å²) in [4.78, 5) is 0. The van der Waals surface area contributed by atoms with Gasteiger partial charge in [0.05, 0.1) is 25.3 Å². The third-order valence-electron chi connectivity index (χ3n) is 2.81. The van der Waals surface area contributed by atoms with Crippen LogP contribution >= 0.6 is 11.6 Å². The van der Waals surface area contributed by atoms with Crippen molar-refractivity contribution in [2.24, 2.45) is 0 Å². The Kier molecular flexibility index (Phi) is 3.38. The molecule has 0 N–H and O–H groups in total. The van der Waals surface area contributed by atoms with E-state index in [2.05, 4.69) is 0 Å². The molecule has 1 aliphatic rings. The van der Waals surface area contributed by atoms with E-state index in [1.165, 1.54) is 0 Å². The summed E-state index contributed by atoms with van der Waals surface area (Å²) in [5.74, 6) is 0.0327. The second kappa shape index (κ2) is 4.62. The van der Waals surface area contributed by atoms with E-state index in [0.29, 0.717) is 24.0 Å². The summed E-state index contributed by atoms with van der Waals surface area (Å²) in [6.45, 7) is 3.28. The molecule has 1 fully saturated rings. The maximum Gasteiger partial charge on any atom is 0.194 e. The van der Waals surface area contributed by atoms with Gasteiger partial charge in [-0.2, -0.15) is 0 Å². The Morgan fingerprint density at radius 2 is 2.06 bits per heavy atom. The van der Waals surface area contributed by atoms with Gasteiger partial charge in [0.15, 0.2) is 5.79 Å². The number of hydrogen-bond donors (Lipinski definition) is 0. The van der Waals surface area contributed by atoms with Crippen molar-refractivity contribution in [1.29, 1.82) is 0 Å². The van der Waals surface area contributed by atoms with Crippen LogP contribution in [-0.2, 0) is 15.3 Å². The molecule has 0 amide bonds. The highest BCUT2D eigenvalue weighted by Gasteiger charge is 2.36. The smallest absolute Gasteiger partial charge is 0.194 e. The van der Waals surface area contributed by atoms with Gasteiger partial charge in [0.1, 0.15) is 5.75 Å². The van der Waals surface area contributed by atoms with E-state index in [1.54, 1.807) is 7.11 Å². The Balaban J connectivity index is 2.36. The SMILES string of the molecule is CCC1(c2ccc(OC)c(Cl)c2)OCCO1. The van der Waals surface area contributed by atoms with Crippen LogP contribution in [0.5, 0.6) is 5.75 Å². The molecule has 1 aromatic rings. The molecule has 0 saturated carbocycles. The highest BCUT2D eigenvalue weighted by Crippen LogP contribution is 2.37. The van der Waals surface area contributed by atoms with Crippen molar-refractivity contribution < 1.29 is 14.2 Å². The van der Waals surface area contributed by atoms with Crippen LogP contribution in [0.4, 0.5) is 0 Å². The monoisotopic (exact) mass is 242 g/mol. The first-order valence-electron chi connectivity index (χ1n) is 5.34. The van der Waals surface area contributed by atoms with Crippen LogP contribution in [0.25, 0.3) is 0 Å². The molecule has 0 aliphatic carbocycles. The molecule has 3 nitrogen and oxygen atoms in total. The Morgan fingerprint density at radius 1 is 1.38 bits per heavy atom. The summed E-state index contributed by atoms with van der Waals surface area (Å²) in [6.07, 6.45) is 0.760. The lowest BCUT2D eigenvalue weighted by Crippen LogP contribution is -2.25. The van der Waals surface area contributed by atoms with Crippen LogP contribution < -0.4 is 4.74 Å². The number of benzene rings is 1. The van der Waals surface area contributed by atoms with E-state index >= 15 is 0 Å². The zero-order valence-corrected chi connectivity index (χ0v) is 10.2. The Bertz CT molecular complexity index is 373. The van der Waals surface area contributed by atoms with Gasteiger partial charge in [-0.15, -0.1) is 0 Å². The molecule has 0 aromatic heterocycles. The molecule has 4 heteroatoms.